The number of nitrogen functional groups attached to an aromatic ring is 1. The first kappa shape index (κ1) is 14.7. The van der Waals surface area contributed by atoms with Gasteiger partial charge in [0, 0.05) is 12.2 Å². The Bertz CT molecular complexity index is 512. The molecule has 1 rings (SSSR count). The topological polar surface area (TPSA) is 81.4 Å². The van der Waals surface area contributed by atoms with E-state index in [4.69, 9.17) is 10.5 Å². The molecule has 0 spiro atoms. The molecule has 0 aliphatic heterocycles. The molecule has 5 nitrogen and oxygen atoms in total. The second-order valence-electron chi connectivity index (χ2n) is 3.79. The highest BCUT2D eigenvalue weighted by Gasteiger charge is 2.16. The minimum Gasteiger partial charge on any atom is -0.399 e. The van der Waals surface area contributed by atoms with Gasteiger partial charge >= 0.3 is 0 Å². The maximum Gasteiger partial charge on any atom is 0.240 e. The summed E-state index contributed by atoms with van der Waals surface area (Å²) in [7, 11) is -3.54. The van der Waals surface area contributed by atoms with Crippen molar-refractivity contribution in [2.24, 2.45) is 0 Å². The molecule has 0 unspecified atom stereocenters. The summed E-state index contributed by atoms with van der Waals surface area (Å²) in [5.41, 5.74) is 6.67. The van der Waals surface area contributed by atoms with Crippen LogP contribution in [-0.4, -0.2) is 28.2 Å². The number of ether oxygens (including phenoxy) is 1. The lowest BCUT2D eigenvalue weighted by atomic mass is 10.2. The molecule has 0 aromatic heterocycles. The molecule has 0 bridgehead atoms. The molecule has 0 heterocycles. The van der Waals surface area contributed by atoms with Crippen LogP contribution in [0.25, 0.3) is 0 Å². The highest BCUT2D eigenvalue weighted by atomic mass is 32.2. The molecule has 1 aromatic rings. The van der Waals surface area contributed by atoms with Crippen LogP contribution in [0.2, 0.25) is 0 Å². The van der Waals surface area contributed by atoms with Crippen molar-refractivity contribution in [3.05, 3.63) is 36.4 Å². The first-order valence-electron chi connectivity index (χ1n) is 5.52. The Morgan fingerprint density at radius 2 is 2.22 bits per heavy atom. The first-order valence-corrected chi connectivity index (χ1v) is 7.00. The average Bonchev–Trinajstić information content (AvgIpc) is 2.32. The van der Waals surface area contributed by atoms with Gasteiger partial charge in [0.15, 0.2) is 0 Å². The van der Waals surface area contributed by atoms with Crippen molar-refractivity contribution in [3.63, 3.8) is 0 Å². The fourth-order valence-electron chi connectivity index (χ4n) is 1.40. The van der Waals surface area contributed by atoms with E-state index in [-0.39, 0.29) is 11.4 Å². The van der Waals surface area contributed by atoms with Gasteiger partial charge in [-0.05, 0) is 24.6 Å². The molecule has 1 aromatic carbocycles. The van der Waals surface area contributed by atoms with Crippen LogP contribution in [0.4, 0.5) is 5.69 Å². The van der Waals surface area contributed by atoms with Gasteiger partial charge in [0.25, 0.3) is 0 Å². The number of hydrogen-bond acceptors (Lipinski definition) is 4. The van der Waals surface area contributed by atoms with E-state index in [2.05, 4.69) is 11.3 Å². The van der Waals surface area contributed by atoms with Gasteiger partial charge in [0.1, 0.15) is 0 Å². The van der Waals surface area contributed by atoms with Gasteiger partial charge in [-0.3, -0.25) is 0 Å². The van der Waals surface area contributed by atoms with Crippen LogP contribution in [0.1, 0.15) is 5.56 Å². The molecule has 0 saturated heterocycles. The van der Waals surface area contributed by atoms with Crippen LogP contribution in [-0.2, 0) is 14.8 Å². The Morgan fingerprint density at radius 1 is 1.50 bits per heavy atom. The van der Waals surface area contributed by atoms with Crippen molar-refractivity contribution >= 4 is 15.7 Å². The minimum absolute atomic E-state index is 0.200. The fourth-order valence-corrected chi connectivity index (χ4v) is 2.69. The highest BCUT2D eigenvalue weighted by molar-refractivity contribution is 7.89. The first-order chi connectivity index (χ1) is 8.47. The third-order valence-corrected chi connectivity index (χ3v) is 3.88. The molecule has 0 fully saturated rings. The number of benzene rings is 1. The fraction of sp³-hybridized carbons (Fsp3) is 0.333. The van der Waals surface area contributed by atoms with Crippen LogP contribution in [0, 0.1) is 6.92 Å². The number of nitrogens with one attached hydrogen (secondary N) is 1. The van der Waals surface area contributed by atoms with Crippen LogP contribution < -0.4 is 10.5 Å². The summed E-state index contributed by atoms with van der Waals surface area (Å²) in [6.07, 6.45) is 1.61. The molecule has 0 amide bonds. The van der Waals surface area contributed by atoms with Gasteiger partial charge in [0.2, 0.25) is 10.0 Å². The van der Waals surface area contributed by atoms with E-state index >= 15 is 0 Å². The van der Waals surface area contributed by atoms with Crippen molar-refractivity contribution in [2.75, 3.05) is 25.5 Å². The van der Waals surface area contributed by atoms with E-state index in [0.29, 0.717) is 24.5 Å². The molecule has 0 atom stereocenters. The number of hydrogen-bond donors (Lipinski definition) is 2. The van der Waals surface area contributed by atoms with Crippen molar-refractivity contribution in [1.29, 1.82) is 0 Å². The van der Waals surface area contributed by atoms with Gasteiger partial charge in [-0.1, -0.05) is 12.1 Å². The highest BCUT2D eigenvalue weighted by Crippen LogP contribution is 2.17. The number of sulfonamides is 1. The lowest BCUT2D eigenvalue weighted by molar-refractivity contribution is 0.168. The molecular weight excluding hydrogens is 252 g/mol. The van der Waals surface area contributed by atoms with Gasteiger partial charge < -0.3 is 10.5 Å². The van der Waals surface area contributed by atoms with E-state index in [1.165, 1.54) is 6.07 Å². The summed E-state index contributed by atoms with van der Waals surface area (Å²) < 4.78 is 31.5. The van der Waals surface area contributed by atoms with Crippen molar-refractivity contribution in [3.8, 4) is 0 Å². The summed E-state index contributed by atoms with van der Waals surface area (Å²) in [6, 6.07) is 4.79. The zero-order valence-electron chi connectivity index (χ0n) is 10.3. The third-order valence-electron chi connectivity index (χ3n) is 2.28. The normalized spacial score (nSPS) is 11.4. The summed E-state index contributed by atoms with van der Waals surface area (Å²) in [5.74, 6) is 0. The van der Waals surface area contributed by atoms with E-state index < -0.39 is 10.0 Å². The molecule has 100 valence electrons. The van der Waals surface area contributed by atoms with Crippen LogP contribution in [0.15, 0.2) is 35.7 Å². The standard InChI is InChI=1S/C12H18N2O3S/c1-3-7-17-8-6-14-18(15,16)12-9-11(13)5-4-10(12)2/h3-5,9,14H,1,6-8,13H2,2H3. The van der Waals surface area contributed by atoms with Crippen LogP contribution in [0.5, 0.6) is 0 Å². The largest absolute Gasteiger partial charge is 0.399 e. The molecular formula is C12H18N2O3S. The van der Waals surface area contributed by atoms with Gasteiger partial charge in [-0.15, -0.1) is 6.58 Å². The molecule has 0 aliphatic rings. The SMILES string of the molecule is C=CCOCCNS(=O)(=O)c1cc(N)ccc1C. The third kappa shape index (κ3) is 4.14. The predicted molar refractivity (Wildman–Crippen MR) is 71.8 cm³/mol. The van der Waals surface area contributed by atoms with E-state index in [1.54, 1.807) is 25.1 Å². The van der Waals surface area contributed by atoms with Crippen LogP contribution in [0.3, 0.4) is 0 Å². The summed E-state index contributed by atoms with van der Waals surface area (Å²) in [5, 5.41) is 0. The van der Waals surface area contributed by atoms with E-state index in [0.717, 1.165) is 0 Å². The van der Waals surface area contributed by atoms with Crippen molar-refractivity contribution < 1.29 is 13.2 Å². The van der Waals surface area contributed by atoms with E-state index in [9.17, 15) is 8.42 Å². The lowest BCUT2D eigenvalue weighted by Gasteiger charge is -2.10. The van der Waals surface area contributed by atoms with Gasteiger partial charge in [0.05, 0.1) is 18.1 Å². The Balaban J connectivity index is 2.68. The zero-order chi connectivity index (χ0) is 13.6. The average molecular weight is 270 g/mol. The number of nitrogens with two attached hydrogens (primary N) is 1. The van der Waals surface area contributed by atoms with E-state index in [1.807, 2.05) is 0 Å². The second-order valence-corrected chi connectivity index (χ2v) is 5.52. The van der Waals surface area contributed by atoms with Crippen molar-refractivity contribution in [2.45, 2.75) is 11.8 Å². The maximum atomic E-state index is 12.0. The summed E-state index contributed by atoms with van der Waals surface area (Å²) >= 11 is 0. The van der Waals surface area contributed by atoms with Crippen LogP contribution >= 0.6 is 0 Å². The zero-order valence-corrected chi connectivity index (χ0v) is 11.2. The number of rotatable bonds is 7. The number of anilines is 1. The quantitative estimate of drug-likeness (QED) is 0.441. The molecule has 6 heteroatoms. The predicted octanol–water partition coefficient (Wildman–Crippen LogP) is 1.06. The molecule has 0 saturated carbocycles. The van der Waals surface area contributed by atoms with Gasteiger partial charge in [-0.25, -0.2) is 13.1 Å². The Labute approximate surface area is 108 Å². The Hall–Kier alpha value is -1.37. The Morgan fingerprint density at radius 3 is 2.89 bits per heavy atom. The minimum atomic E-state index is -3.54. The lowest BCUT2D eigenvalue weighted by Crippen LogP contribution is -2.28. The number of aryl methyl sites for hydroxylation is 1. The Kier molecular flexibility index (Phi) is 5.33. The summed E-state index contributed by atoms with van der Waals surface area (Å²) in [4.78, 5) is 0.200. The molecule has 3 N–H and O–H groups in total. The molecule has 18 heavy (non-hydrogen) atoms. The van der Waals surface area contributed by atoms with Gasteiger partial charge in [-0.2, -0.15) is 0 Å². The second kappa shape index (κ2) is 6.53. The summed E-state index contributed by atoms with van der Waals surface area (Å²) in [6.45, 7) is 6.14. The van der Waals surface area contributed by atoms with Crippen molar-refractivity contribution in [1.82, 2.24) is 4.72 Å². The maximum absolute atomic E-state index is 12.0. The monoisotopic (exact) mass is 270 g/mol. The molecule has 0 aliphatic carbocycles. The smallest absolute Gasteiger partial charge is 0.240 e. The molecule has 0 radical (unpaired) electrons.